The summed E-state index contributed by atoms with van der Waals surface area (Å²) in [6.07, 6.45) is 1.44. The predicted octanol–water partition coefficient (Wildman–Crippen LogP) is 2.16. The third-order valence-corrected chi connectivity index (χ3v) is 2.39. The highest BCUT2D eigenvalue weighted by atomic mass is 16.6. The molecule has 0 fully saturated rings. The lowest BCUT2D eigenvalue weighted by atomic mass is 9.93. The topological polar surface area (TPSA) is 64.6 Å². The second-order valence-electron chi connectivity index (χ2n) is 5.84. The van der Waals surface area contributed by atoms with Gasteiger partial charge < -0.3 is 14.8 Å². The number of hydrogen-bond donors (Lipinski definition) is 1. The Bertz CT molecular complexity index is 377. The van der Waals surface area contributed by atoms with Gasteiger partial charge in [-0.05, 0) is 34.6 Å². The Labute approximate surface area is 108 Å². The van der Waals surface area contributed by atoms with Gasteiger partial charge in [-0.1, -0.05) is 0 Å². The number of carbonyl (C=O) groups is 2. The van der Waals surface area contributed by atoms with E-state index in [2.05, 4.69) is 5.32 Å². The first-order chi connectivity index (χ1) is 8.12. The molecule has 1 rings (SSSR count). The lowest BCUT2D eigenvalue weighted by molar-refractivity contribution is -0.120. The molecule has 1 heterocycles. The molecule has 0 aromatic carbocycles. The summed E-state index contributed by atoms with van der Waals surface area (Å²) in [5.41, 5.74) is -0.989. The maximum absolute atomic E-state index is 12.1. The number of hydrogen-bond acceptors (Lipinski definition) is 4. The molecule has 1 aliphatic rings. The van der Waals surface area contributed by atoms with Gasteiger partial charge in [0.25, 0.3) is 0 Å². The third kappa shape index (κ3) is 4.05. The van der Waals surface area contributed by atoms with Crippen LogP contribution in [0, 0.1) is 0 Å². The highest BCUT2D eigenvalue weighted by Crippen LogP contribution is 2.19. The first-order valence-corrected chi connectivity index (χ1v) is 5.98. The quantitative estimate of drug-likeness (QED) is 0.839. The van der Waals surface area contributed by atoms with Crippen LogP contribution in [0.1, 0.15) is 41.0 Å². The molecule has 0 aliphatic carbocycles. The minimum atomic E-state index is -0.998. The Hall–Kier alpha value is -1.52. The molecule has 0 spiro atoms. The minimum Gasteiger partial charge on any atom is -0.500 e. The number of Topliss-reactive ketones (excluding diaryl/α,β-unsaturated/α-hetero) is 1. The molecule has 1 N–H and O–H groups in total. The van der Waals surface area contributed by atoms with Gasteiger partial charge in [0.1, 0.15) is 11.1 Å². The Morgan fingerprint density at radius 3 is 2.33 bits per heavy atom. The van der Waals surface area contributed by atoms with E-state index in [-0.39, 0.29) is 5.78 Å². The van der Waals surface area contributed by atoms with Gasteiger partial charge in [-0.2, -0.15) is 0 Å². The average Bonchev–Trinajstić information content (AvgIpc) is 2.64. The summed E-state index contributed by atoms with van der Waals surface area (Å²) in [7, 11) is 0. The van der Waals surface area contributed by atoms with Crippen LogP contribution in [-0.2, 0) is 14.3 Å². The monoisotopic (exact) mass is 255 g/mol. The van der Waals surface area contributed by atoms with Crippen LogP contribution in [0.2, 0.25) is 0 Å². The Morgan fingerprint density at radius 1 is 1.28 bits per heavy atom. The maximum atomic E-state index is 12.1. The van der Waals surface area contributed by atoms with Crippen molar-refractivity contribution < 1.29 is 19.1 Å². The molecule has 18 heavy (non-hydrogen) atoms. The maximum Gasteiger partial charge on any atom is 0.408 e. The summed E-state index contributed by atoms with van der Waals surface area (Å²) in [5, 5.41) is 2.58. The van der Waals surface area contributed by atoms with E-state index < -0.39 is 17.2 Å². The van der Waals surface area contributed by atoms with Crippen molar-refractivity contribution in [3.05, 3.63) is 11.8 Å². The van der Waals surface area contributed by atoms with Gasteiger partial charge in [-0.25, -0.2) is 4.79 Å². The van der Waals surface area contributed by atoms with Crippen molar-refractivity contribution in [1.29, 1.82) is 0 Å². The van der Waals surface area contributed by atoms with E-state index in [0.29, 0.717) is 18.6 Å². The van der Waals surface area contributed by atoms with Crippen molar-refractivity contribution in [3.63, 3.8) is 0 Å². The van der Waals surface area contributed by atoms with Crippen LogP contribution in [0.4, 0.5) is 4.79 Å². The van der Waals surface area contributed by atoms with Gasteiger partial charge in [0.05, 0.1) is 12.9 Å². The zero-order chi connectivity index (χ0) is 14.0. The molecular weight excluding hydrogens is 234 g/mol. The Kier molecular flexibility index (Phi) is 4.04. The molecule has 0 aromatic heterocycles. The fourth-order valence-electron chi connectivity index (χ4n) is 1.57. The predicted molar refractivity (Wildman–Crippen MR) is 67.1 cm³/mol. The largest absolute Gasteiger partial charge is 0.500 e. The second kappa shape index (κ2) is 5.00. The zero-order valence-corrected chi connectivity index (χ0v) is 11.6. The first kappa shape index (κ1) is 14.5. The Morgan fingerprint density at radius 2 is 1.89 bits per heavy atom. The number of ether oxygens (including phenoxy) is 2. The molecule has 0 radical (unpaired) electrons. The normalized spacial score (nSPS) is 15.7. The van der Waals surface area contributed by atoms with Crippen molar-refractivity contribution >= 4 is 11.9 Å². The summed E-state index contributed by atoms with van der Waals surface area (Å²) in [6, 6.07) is 0. The van der Waals surface area contributed by atoms with Gasteiger partial charge in [0, 0.05) is 12.0 Å². The molecule has 5 heteroatoms. The van der Waals surface area contributed by atoms with Crippen LogP contribution in [0.25, 0.3) is 0 Å². The summed E-state index contributed by atoms with van der Waals surface area (Å²) < 4.78 is 10.2. The van der Waals surface area contributed by atoms with Gasteiger partial charge in [0.15, 0.2) is 5.78 Å². The van der Waals surface area contributed by atoms with E-state index in [0.717, 1.165) is 0 Å². The summed E-state index contributed by atoms with van der Waals surface area (Å²) in [6.45, 7) is 9.14. The summed E-state index contributed by atoms with van der Waals surface area (Å²) >= 11 is 0. The van der Waals surface area contributed by atoms with Crippen molar-refractivity contribution in [2.24, 2.45) is 0 Å². The number of nitrogens with one attached hydrogen (secondary N) is 1. The molecule has 1 aliphatic heterocycles. The molecule has 0 atom stereocenters. The fourth-order valence-corrected chi connectivity index (χ4v) is 1.57. The molecular formula is C13H21NO4. The van der Waals surface area contributed by atoms with Crippen LogP contribution in [-0.4, -0.2) is 29.6 Å². The van der Waals surface area contributed by atoms with Gasteiger partial charge in [-0.15, -0.1) is 0 Å². The lowest BCUT2D eigenvalue weighted by Gasteiger charge is -2.27. The van der Waals surface area contributed by atoms with E-state index >= 15 is 0 Å². The smallest absolute Gasteiger partial charge is 0.408 e. The van der Waals surface area contributed by atoms with Crippen molar-refractivity contribution in [1.82, 2.24) is 5.32 Å². The minimum absolute atomic E-state index is 0.147. The SMILES string of the molecule is CC(C)(C)OC(=O)NC(C)(C)C(=O)C1=COCC1. The van der Waals surface area contributed by atoms with E-state index in [1.165, 1.54) is 6.26 Å². The van der Waals surface area contributed by atoms with Crippen LogP contribution in [0.5, 0.6) is 0 Å². The van der Waals surface area contributed by atoms with Gasteiger partial charge >= 0.3 is 6.09 Å². The zero-order valence-electron chi connectivity index (χ0n) is 11.6. The molecule has 5 nitrogen and oxygen atoms in total. The summed E-state index contributed by atoms with van der Waals surface area (Å²) in [5.74, 6) is -0.147. The highest BCUT2D eigenvalue weighted by Gasteiger charge is 2.34. The van der Waals surface area contributed by atoms with Gasteiger partial charge in [-0.3, -0.25) is 4.79 Å². The number of ketones is 1. The Balaban J connectivity index is 2.63. The van der Waals surface area contributed by atoms with Crippen molar-refractivity contribution in [2.45, 2.75) is 52.2 Å². The van der Waals surface area contributed by atoms with Crippen LogP contribution in [0.15, 0.2) is 11.8 Å². The molecule has 1 amide bonds. The molecule has 0 unspecified atom stereocenters. The first-order valence-electron chi connectivity index (χ1n) is 5.98. The van der Waals surface area contributed by atoms with E-state index in [9.17, 15) is 9.59 Å². The van der Waals surface area contributed by atoms with E-state index in [4.69, 9.17) is 9.47 Å². The summed E-state index contributed by atoms with van der Waals surface area (Å²) in [4.78, 5) is 23.8. The average molecular weight is 255 g/mol. The molecule has 0 bridgehead atoms. The second-order valence-corrected chi connectivity index (χ2v) is 5.84. The van der Waals surface area contributed by atoms with E-state index in [1.54, 1.807) is 34.6 Å². The highest BCUT2D eigenvalue weighted by molar-refractivity contribution is 6.03. The van der Waals surface area contributed by atoms with Crippen molar-refractivity contribution in [2.75, 3.05) is 6.61 Å². The third-order valence-electron chi connectivity index (χ3n) is 2.39. The number of carbonyl (C=O) groups excluding carboxylic acids is 2. The number of alkyl carbamates (subject to hydrolysis) is 1. The van der Waals surface area contributed by atoms with E-state index in [1.807, 2.05) is 0 Å². The number of rotatable bonds is 3. The van der Waals surface area contributed by atoms with Crippen LogP contribution in [0.3, 0.4) is 0 Å². The molecule has 102 valence electrons. The van der Waals surface area contributed by atoms with Crippen molar-refractivity contribution in [3.8, 4) is 0 Å². The molecule has 0 saturated heterocycles. The standard InChI is InChI=1S/C13H21NO4/c1-12(2,3)18-11(16)14-13(4,5)10(15)9-6-7-17-8-9/h8H,6-7H2,1-5H3,(H,14,16). The van der Waals surface area contributed by atoms with Crippen LogP contribution < -0.4 is 5.32 Å². The van der Waals surface area contributed by atoms with Gasteiger partial charge in [0.2, 0.25) is 0 Å². The van der Waals surface area contributed by atoms with Crippen LogP contribution >= 0.6 is 0 Å². The fraction of sp³-hybridized carbons (Fsp3) is 0.692. The number of amides is 1. The molecule has 0 aromatic rings. The molecule has 0 saturated carbocycles. The lowest BCUT2D eigenvalue weighted by Crippen LogP contribution is -2.51.